The third-order valence-corrected chi connectivity index (χ3v) is 4.42. The van der Waals surface area contributed by atoms with E-state index < -0.39 is 17.7 Å². The Morgan fingerprint density at radius 3 is 2.34 bits per heavy atom. The summed E-state index contributed by atoms with van der Waals surface area (Å²) in [5, 5.41) is 12.9. The van der Waals surface area contributed by atoms with Crippen molar-refractivity contribution >= 4 is 17.7 Å². The van der Waals surface area contributed by atoms with Gasteiger partial charge < -0.3 is 10.1 Å². The van der Waals surface area contributed by atoms with Gasteiger partial charge in [0.15, 0.2) is 5.82 Å². The molecule has 32 heavy (non-hydrogen) atoms. The number of rotatable bonds is 5. The molecule has 0 radical (unpaired) electrons. The summed E-state index contributed by atoms with van der Waals surface area (Å²) in [4.78, 5) is 20.3. The van der Waals surface area contributed by atoms with Crippen LogP contribution in [0.1, 0.15) is 0 Å². The molecule has 4 aromatic rings. The highest BCUT2D eigenvalue weighted by Gasteiger charge is 2.19. The van der Waals surface area contributed by atoms with Crippen LogP contribution in [0.15, 0.2) is 67.0 Å². The van der Waals surface area contributed by atoms with E-state index in [2.05, 4.69) is 30.8 Å². The Morgan fingerprint density at radius 2 is 1.62 bits per heavy atom. The average molecular weight is 434 g/mol. The van der Waals surface area contributed by atoms with E-state index in [0.717, 1.165) is 6.20 Å². The number of carbonyl (C=O) groups is 1. The summed E-state index contributed by atoms with van der Waals surface area (Å²) in [6, 6.07) is 13.3. The molecule has 0 aliphatic rings. The molecule has 2 heterocycles. The number of halogens is 2. The molecule has 160 valence electrons. The summed E-state index contributed by atoms with van der Waals surface area (Å²) >= 11 is 0. The monoisotopic (exact) mass is 434 g/mol. The topological polar surface area (TPSA) is 102 Å². The van der Waals surface area contributed by atoms with Crippen molar-refractivity contribution in [1.29, 1.82) is 0 Å². The van der Waals surface area contributed by atoms with Crippen LogP contribution in [0.4, 0.5) is 25.2 Å². The summed E-state index contributed by atoms with van der Waals surface area (Å²) in [6.07, 6.45) is 2.39. The fourth-order valence-electron chi connectivity index (χ4n) is 2.91. The summed E-state index contributed by atoms with van der Waals surface area (Å²) < 4.78 is 33.9. The molecule has 8 nitrogen and oxygen atoms in total. The number of benzene rings is 2. The number of anilines is 2. The van der Waals surface area contributed by atoms with E-state index in [4.69, 9.17) is 4.74 Å². The maximum absolute atomic E-state index is 14.5. The number of nitrogens with one attached hydrogen (secondary N) is 2. The molecule has 0 atom stereocenters. The van der Waals surface area contributed by atoms with Crippen LogP contribution in [-0.4, -0.2) is 33.3 Å². The molecule has 0 saturated carbocycles. The molecular weight excluding hydrogens is 418 g/mol. The predicted octanol–water partition coefficient (Wildman–Crippen LogP) is 4.53. The Balaban J connectivity index is 1.67. The first-order valence-corrected chi connectivity index (χ1v) is 9.36. The van der Waals surface area contributed by atoms with Crippen molar-refractivity contribution in [3.8, 4) is 28.3 Å². The van der Waals surface area contributed by atoms with E-state index in [-0.39, 0.29) is 28.5 Å². The lowest BCUT2D eigenvalue weighted by molar-refractivity contribution is 0.262. The van der Waals surface area contributed by atoms with Crippen LogP contribution in [-0.2, 0) is 0 Å². The maximum atomic E-state index is 14.5. The van der Waals surface area contributed by atoms with E-state index in [1.807, 2.05) is 0 Å². The first kappa shape index (κ1) is 20.8. The van der Waals surface area contributed by atoms with Gasteiger partial charge in [-0.3, -0.25) is 10.3 Å². The van der Waals surface area contributed by atoms with Gasteiger partial charge in [0.25, 0.3) is 5.95 Å². The van der Waals surface area contributed by atoms with Gasteiger partial charge in [-0.25, -0.2) is 18.6 Å². The number of urea groups is 1. The zero-order valence-corrected chi connectivity index (χ0v) is 16.7. The van der Waals surface area contributed by atoms with Gasteiger partial charge in [0, 0.05) is 23.0 Å². The normalized spacial score (nSPS) is 10.5. The SMILES string of the molecule is COc1ccc(NC(=O)Nc2nnc(-c3ccncc3F)c(-c3ccccc3F)n2)cc1. The van der Waals surface area contributed by atoms with Crippen LogP contribution in [0.25, 0.3) is 22.5 Å². The minimum absolute atomic E-state index is 0.0103. The first-order valence-electron chi connectivity index (χ1n) is 9.36. The van der Waals surface area contributed by atoms with E-state index in [9.17, 15) is 13.6 Å². The number of hydrogen-bond donors (Lipinski definition) is 2. The van der Waals surface area contributed by atoms with Crippen molar-refractivity contribution in [3.63, 3.8) is 0 Å². The Hall–Kier alpha value is -4.47. The lowest BCUT2D eigenvalue weighted by Gasteiger charge is -2.11. The number of aromatic nitrogens is 4. The number of nitrogens with zero attached hydrogens (tertiary/aromatic N) is 4. The summed E-state index contributed by atoms with van der Waals surface area (Å²) in [7, 11) is 1.54. The highest BCUT2D eigenvalue weighted by molar-refractivity contribution is 5.98. The zero-order chi connectivity index (χ0) is 22.5. The van der Waals surface area contributed by atoms with Crippen LogP contribution < -0.4 is 15.4 Å². The van der Waals surface area contributed by atoms with Crippen molar-refractivity contribution in [1.82, 2.24) is 20.2 Å². The molecule has 2 aromatic heterocycles. The zero-order valence-electron chi connectivity index (χ0n) is 16.7. The van der Waals surface area contributed by atoms with Crippen LogP contribution in [0.5, 0.6) is 5.75 Å². The van der Waals surface area contributed by atoms with E-state index in [0.29, 0.717) is 11.4 Å². The minimum Gasteiger partial charge on any atom is -0.497 e. The van der Waals surface area contributed by atoms with Gasteiger partial charge in [-0.1, -0.05) is 12.1 Å². The Morgan fingerprint density at radius 1 is 0.875 bits per heavy atom. The van der Waals surface area contributed by atoms with E-state index in [1.165, 1.54) is 37.6 Å². The van der Waals surface area contributed by atoms with Crippen LogP contribution in [0.2, 0.25) is 0 Å². The highest BCUT2D eigenvalue weighted by atomic mass is 19.1. The lowest BCUT2D eigenvalue weighted by Crippen LogP contribution is -2.21. The molecule has 4 rings (SSSR count). The second kappa shape index (κ2) is 9.13. The largest absolute Gasteiger partial charge is 0.497 e. The summed E-state index contributed by atoms with van der Waals surface area (Å²) in [5.74, 6) is -0.805. The summed E-state index contributed by atoms with van der Waals surface area (Å²) in [5.41, 5.74) is 0.653. The van der Waals surface area contributed by atoms with E-state index >= 15 is 0 Å². The molecular formula is C22H16F2N6O2. The predicted molar refractivity (Wildman–Crippen MR) is 114 cm³/mol. The first-order chi connectivity index (χ1) is 15.5. The lowest BCUT2D eigenvalue weighted by atomic mass is 10.0. The molecule has 0 fully saturated rings. The van der Waals surface area contributed by atoms with Gasteiger partial charge in [-0.15, -0.1) is 10.2 Å². The molecule has 0 unspecified atom stereocenters. The minimum atomic E-state index is -0.667. The van der Waals surface area contributed by atoms with Crippen molar-refractivity contribution in [2.75, 3.05) is 17.7 Å². The van der Waals surface area contributed by atoms with Gasteiger partial charge in [0.1, 0.15) is 23.0 Å². The molecule has 0 aliphatic heterocycles. The maximum Gasteiger partial charge on any atom is 0.326 e. The standard InChI is InChI=1S/C22H16F2N6O2/c1-32-14-8-6-13(7-9-14)26-22(31)28-21-27-19(15-4-2-3-5-17(15)23)20(29-30-21)16-10-11-25-12-18(16)24/h2-12H,1H3,(H2,26,27,28,30,31). The van der Waals surface area contributed by atoms with E-state index in [1.54, 1.807) is 30.3 Å². The number of ether oxygens (including phenoxy) is 1. The Kier molecular flexibility index (Phi) is 5.93. The molecule has 2 aromatic carbocycles. The smallest absolute Gasteiger partial charge is 0.326 e. The second-order valence-electron chi connectivity index (χ2n) is 6.48. The number of methoxy groups -OCH3 is 1. The molecule has 2 N–H and O–H groups in total. The Bertz CT molecular complexity index is 1270. The summed E-state index contributed by atoms with van der Waals surface area (Å²) in [6.45, 7) is 0. The second-order valence-corrected chi connectivity index (χ2v) is 6.48. The molecule has 2 amide bonds. The fraction of sp³-hybridized carbons (Fsp3) is 0.0455. The number of carbonyl (C=O) groups excluding carboxylic acids is 1. The van der Waals surface area contributed by atoms with Crippen molar-refractivity contribution in [2.24, 2.45) is 0 Å². The molecule has 0 saturated heterocycles. The Labute approximate surface area is 181 Å². The van der Waals surface area contributed by atoms with Gasteiger partial charge in [0.05, 0.1) is 13.3 Å². The quantitative estimate of drug-likeness (QED) is 0.479. The number of hydrogen-bond acceptors (Lipinski definition) is 6. The van der Waals surface area contributed by atoms with Gasteiger partial charge in [-0.05, 0) is 42.5 Å². The molecule has 0 bridgehead atoms. The molecule has 10 heteroatoms. The van der Waals surface area contributed by atoms with Crippen LogP contribution >= 0.6 is 0 Å². The number of amides is 2. The van der Waals surface area contributed by atoms with Crippen LogP contribution in [0.3, 0.4) is 0 Å². The van der Waals surface area contributed by atoms with Crippen LogP contribution in [0, 0.1) is 11.6 Å². The third kappa shape index (κ3) is 4.48. The highest BCUT2D eigenvalue weighted by Crippen LogP contribution is 2.31. The molecule has 0 aliphatic carbocycles. The van der Waals surface area contributed by atoms with Crippen molar-refractivity contribution in [3.05, 3.63) is 78.6 Å². The third-order valence-electron chi connectivity index (χ3n) is 4.42. The van der Waals surface area contributed by atoms with Crippen molar-refractivity contribution < 1.29 is 18.3 Å². The average Bonchev–Trinajstić information content (AvgIpc) is 2.80. The van der Waals surface area contributed by atoms with Gasteiger partial charge >= 0.3 is 6.03 Å². The fourth-order valence-corrected chi connectivity index (χ4v) is 2.91. The van der Waals surface area contributed by atoms with Gasteiger partial charge in [-0.2, -0.15) is 0 Å². The molecule has 0 spiro atoms. The van der Waals surface area contributed by atoms with Crippen molar-refractivity contribution in [2.45, 2.75) is 0 Å². The number of pyridine rings is 1. The van der Waals surface area contributed by atoms with Gasteiger partial charge in [0.2, 0.25) is 0 Å².